The van der Waals surface area contributed by atoms with Crippen molar-refractivity contribution >= 4 is 21.7 Å². The minimum absolute atomic E-state index is 0.0249. The van der Waals surface area contributed by atoms with E-state index in [0.717, 1.165) is 12.8 Å². The van der Waals surface area contributed by atoms with E-state index in [1.807, 2.05) is 0 Å². The number of nitrogens with zero attached hydrogens (tertiary/aromatic N) is 1. The Morgan fingerprint density at radius 1 is 1.09 bits per heavy atom. The zero-order valence-corrected chi connectivity index (χ0v) is 13.8. The zero-order chi connectivity index (χ0) is 16.6. The summed E-state index contributed by atoms with van der Waals surface area (Å²) in [5.74, 6) is -0.185. The topological polar surface area (TPSA) is 83.6 Å². The van der Waals surface area contributed by atoms with Crippen LogP contribution >= 0.6 is 0 Å². The molecule has 1 N–H and O–H groups in total. The molecule has 3 rings (SSSR count). The normalized spacial score (nSPS) is 22.6. The summed E-state index contributed by atoms with van der Waals surface area (Å²) >= 11 is 0. The highest BCUT2D eigenvalue weighted by atomic mass is 32.2. The Labute approximate surface area is 135 Å². The second kappa shape index (κ2) is 5.96. The molecule has 124 valence electrons. The molecule has 6 nitrogen and oxygen atoms in total. The Kier molecular flexibility index (Phi) is 4.14. The van der Waals surface area contributed by atoms with Crippen molar-refractivity contribution in [2.24, 2.45) is 0 Å². The third kappa shape index (κ3) is 3.72. The van der Waals surface area contributed by atoms with Gasteiger partial charge in [0.1, 0.15) is 0 Å². The summed E-state index contributed by atoms with van der Waals surface area (Å²) < 4.78 is 23.1. The van der Waals surface area contributed by atoms with Crippen molar-refractivity contribution in [2.45, 2.75) is 31.3 Å². The molecule has 0 spiro atoms. The van der Waals surface area contributed by atoms with E-state index >= 15 is 0 Å². The summed E-state index contributed by atoms with van der Waals surface area (Å²) in [4.78, 5) is 25.8. The third-order valence-electron chi connectivity index (χ3n) is 4.38. The lowest BCUT2D eigenvalue weighted by molar-refractivity contribution is 0.0747. The molecule has 1 saturated carbocycles. The summed E-state index contributed by atoms with van der Waals surface area (Å²) in [5.41, 5.74) is 0.985. The number of hydrogen-bond acceptors (Lipinski definition) is 4. The fraction of sp³-hybridized carbons (Fsp3) is 0.500. The van der Waals surface area contributed by atoms with Gasteiger partial charge in [-0.3, -0.25) is 9.59 Å². The van der Waals surface area contributed by atoms with Gasteiger partial charge < -0.3 is 10.2 Å². The first-order valence-electron chi connectivity index (χ1n) is 7.74. The van der Waals surface area contributed by atoms with Gasteiger partial charge in [-0.2, -0.15) is 0 Å². The Balaban J connectivity index is 1.66. The second-order valence-corrected chi connectivity index (χ2v) is 8.53. The van der Waals surface area contributed by atoms with E-state index in [1.54, 1.807) is 31.3 Å². The van der Waals surface area contributed by atoms with Gasteiger partial charge in [-0.25, -0.2) is 8.42 Å². The Bertz CT molecular complexity index is 723. The molecule has 1 aromatic carbocycles. The van der Waals surface area contributed by atoms with Crippen molar-refractivity contribution in [1.82, 2.24) is 10.2 Å². The Hall–Kier alpha value is -1.89. The molecule has 1 heterocycles. The summed E-state index contributed by atoms with van der Waals surface area (Å²) in [7, 11) is -1.40. The molecule has 2 amide bonds. The molecule has 0 bridgehead atoms. The number of carbonyl (C=O) groups is 2. The van der Waals surface area contributed by atoms with Gasteiger partial charge >= 0.3 is 0 Å². The minimum atomic E-state index is -3.03. The third-order valence-corrected chi connectivity index (χ3v) is 6.13. The highest BCUT2D eigenvalue weighted by molar-refractivity contribution is 7.91. The van der Waals surface area contributed by atoms with Crippen LogP contribution in [-0.4, -0.2) is 55.8 Å². The van der Waals surface area contributed by atoms with E-state index in [9.17, 15) is 18.0 Å². The molecule has 1 unspecified atom stereocenters. The van der Waals surface area contributed by atoms with Crippen LogP contribution in [0.25, 0.3) is 0 Å². The maximum atomic E-state index is 12.4. The summed E-state index contributed by atoms with van der Waals surface area (Å²) in [6.45, 7) is 0. The number of rotatable bonds is 4. The monoisotopic (exact) mass is 336 g/mol. The van der Waals surface area contributed by atoms with Crippen molar-refractivity contribution in [3.8, 4) is 0 Å². The molecule has 23 heavy (non-hydrogen) atoms. The standard InChI is InChI=1S/C16H20N2O4S/c1-18(14-8-9-23(21,22)10-14)16(20)12-4-2-11(3-5-12)15(19)17-13-6-7-13/h2-5,13-14H,6-10H2,1H3,(H,17,19). The molecule has 1 aliphatic carbocycles. The number of sulfone groups is 1. The van der Waals surface area contributed by atoms with Crippen LogP contribution in [0.2, 0.25) is 0 Å². The molecule has 2 fully saturated rings. The number of hydrogen-bond donors (Lipinski definition) is 1. The average Bonchev–Trinajstić information content (AvgIpc) is 3.27. The van der Waals surface area contributed by atoms with Crippen molar-refractivity contribution in [1.29, 1.82) is 0 Å². The lowest BCUT2D eigenvalue weighted by atomic mass is 10.1. The van der Waals surface area contributed by atoms with Crippen molar-refractivity contribution in [3.63, 3.8) is 0 Å². The largest absolute Gasteiger partial charge is 0.349 e. The molecule has 1 aromatic rings. The summed E-state index contributed by atoms with van der Waals surface area (Å²) in [6, 6.07) is 6.51. The Morgan fingerprint density at radius 3 is 2.22 bits per heavy atom. The first-order chi connectivity index (χ1) is 10.9. The van der Waals surface area contributed by atoms with E-state index in [1.165, 1.54) is 4.90 Å². The molecule has 1 atom stereocenters. The van der Waals surface area contributed by atoms with Gasteiger partial charge in [-0.05, 0) is 43.5 Å². The maximum Gasteiger partial charge on any atom is 0.253 e. The Morgan fingerprint density at radius 2 is 1.70 bits per heavy atom. The number of benzene rings is 1. The highest BCUT2D eigenvalue weighted by Crippen LogP contribution is 2.20. The van der Waals surface area contributed by atoms with E-state index in [2.05, 4.69) is 5.32 Å². The summed E-state index contributed by atoms with van der Waals surface area (Å²) in [5, 5.41) is 2.89. The molecule has 0 radical (unpaired) electrons. The molecule has 0 aromatic heterocycles. The van der Waals surface area contributed by atoms with Gasteiger partial charge in [0.25, 0.3) is 11.8 Å². The van der Waals surface area contributed by atoms with Crippen LogP contribution in [0.4, 0.5) is 0 Å². The molecule has 7 heteroatoms. The zero-order valence-electron chi connectivity index (χ0n) is 13.0. The van der Waals surface area contributed by atoms with Crippen molar-refractivity contribution in [3.05, 3.63) is 35.4 Å². The molecule has 1 aliphatic heterocycles. The van der Waals surface area contributed by atoms with E-state index in [0.29, 0.717) is 23.6 Å². The van der Waals surface area contributed by atoms with E-state index < -0.39 is 9.84 Å². The lowest BCUT2D eigenvalue weighted by Gasteiger charge is -2.23. The minimum Gasteiger partial charge on any atom is -0.349 e. The van der Waals surface area contributed by atoms with Crippen LogP contribution in [-0.2, 0) is 9.84 Å². The van der Waals surface area contributed by atoms with Crippen molar-refractivity contribution in [2.75, 3.05) is 18.6 Å². The first kappa shape index (κ1) is 16.0. The predicted octanol–water partition coefficient (Wildman–Crippen LogP) is 0.838. The van der Waals surface area contributed by atoms with Gasteiger partial charge in [0.2, 0.25) is 0 Å². The molecular weight excluding hydrogens is 316 g/mol. The van der Waals surface area contributed by atoms with Crippen LogP contribution in [0, 0.1) is 0 Å². The van der Waals surface area contributed by atoms with Gasteiger partial charge in [0, 0.05) is 30.3 Å². The van der Waals surface area contributed by atoms with Gasteiger partial charge in [-0.15, -0.1) is 0 Å². The first-order valence-corrected chi connectivity index (χ1v) is 9.56. The van der Waals surface area contributed by atoms with Gasteiger partial charge in [0.05, 0.1) is 11.5 Å². The lowest BCUT2D eigenvalue weighted by Crippen LogP contribution is -2.37. The van der Waals surface area contributed by atoms with Crippen molar-refractivity contribution < 1.29 is 18.0 Å². The average molecular weight is 336 g/mol. The fourth-order valence-corrected chi connectivity index (χ4v) is 4.49. The maximum absolute atomic E-state index is 12.4. The quantitative estimate of drug-likeness (QED) is 0.883. The molecule has 1 saturated heterocycles. The van der Waals surface area contributed by atoms with Crippen LogP contribution in [0.3, 0.4) is 0 Å². The van der Waals surface area contributed by atoms with Crippen LogP contribution in [0.15, 0.2) is 24.3 Å². The fourth-order valence-electron chi connectivity index (χ4n) is 2.71. The van der Waals surface area contributed by atoms with Gasteiger partial charge in [-0.1, -0.05) is 0 Å². The van der Waals surface area contributed by atoms with Crippen LogP contribution < -0.4 is 5.32 Å². The number of amides is 2. The number of nitrogens with one attached hydrogen (secondary N) is 1. The smallest absolute Gasteiger partial charge is 0.253 e. The van der Waals surface area contributed by atoms with Crippen LogP contribution in [0.5, 0.6) is 0 Å². The number of carbonyl (C=O) groups excluding carboxylic acids is 2. The van der Waals surface area contributed by atoms with Gasteiger partial charge in [0.15, 0.2) is 9.84 Å². The van der Waals surface area contributed by atoms with E-state index in [-0.39, 0.29) is 29.4 Å². The van der Waals surface area contributed by atoms with E-state index in [4.69, 9.17) is 0 Å². The summed E-state index contributed by atoms with van der Waals surface area (Å²) in [6.07, 6.45) is 2.53. The molecular formula is C16H20N2O4S. The predicted molar refractivity (Wildman–Crippen MR) is 86.1 cm³/mol. The van der Waals surface area contributed by atoms with Crippen LogP contribution in [0.1, 0.15) is 40.0 Å². The SMILES string of the molecule is CN(C(=O)c1ccc(C(=O)NC2CC2)cc1)C1CCS(=O)(=O)C1. The highest BCUT2D eigenvalue weighted by Gasteiger charge is 2.33. The second-order valence-electron chi connectivity index (χ2n) is 6.30. The molecule has 2 aliphatic rings.